The second-order valence-electron chi connectivity index (χ2n) is 6.56. The number of nitrogens with zero attached hydrogens (tertiary/aromatic N) is 4. The lowest BCUT2D eigenvalue weighted by molar-refractivity contribution is 0.102. The summed E-state index contributed by atoms with van der Waals surface area (Å²) in [6, 6.07) is 10.9. The summed E-state index contributed by atoms with van der Waals surface area (Å²) in [5, 5.41) is 0. The average Bonchev–Trinajstić information content (AvgIpc) is 3.00. The molecular weight excluding hydrogens is 340 g/mol. The van der Waals surface area contributed by atoms with Gasteiger partial charge in [-0.1, -0.05) is 6.07 Å². The van der Waals surface area contributed by atoms with Gasteiger partial charge in [-0.05, 0) is 55.3 Å². The van der Waals surface area contributed by atoms with Gasteiger partial charge in [-0.2, -0.15) is 0 Å². The smallest absolute Gasteiger partial charge is 0.253 e. The van der Waals surface area contributed by atoms with Crippen LogP contribution < -0.4 is 5.56 Å². The Hall–Kier alpha value is -3.54. The lowest BCUT2D eigenvalue weighted by atomic mass is 10.1. The Kier molecular flexibility index (Phi) is 3.96. The number of aryl methyl sites for hydroxylation is 3. The van der Waals surface area contributed by atoms with E-state index < -0.39 is 0 Å². The summed E-state index contributed by atoms with van der Waals surface area (Å²) >= 11 is 0. The van der Waals surface area contributed by atoms with Gasteiger partial charge in [0.2, 0.25) is 5.78 Å². The molecule has 0 saturated heterocycles. The topological polar surface area (TPSA) is 69.3 Å². The monoisotopic (exact) mass is 358 g/mol. The van der Waals surface area contributed by atoms with E-state index in [-0.39, 0.29) is 11.3 Å². The molecule has 0 N–H and O–H groups in total. The number of ketones is 1. The minimum Gasteiger partial charge on any atom is -0.318 e. The fourth-order valence-corrected chi connectivity index (χ4v) is 3.26. The fraction of sp³-hybridized carbons (Fsp3) is 0.143. The number of aromatic nitrogens is 4. The van der Waals surface area contributed by atoms with Crippen molar-refractivity contribution in [3.8, 4) is 11.1 Å². The molecule has 0 saturated carbocycles. The van der Waals surface area contributed by atoms with Gasteiger partial charge in [0, 0.05) is 31.2 Å². The van der Waals surface area contributed by atoms with Crippen LogP contribution in [0.25, 0.3) is 16.8 Å². The lowest BCUT2D eigenvalue weighted by Gasteiger charge is -2.08. The minimum absolute atomic E-state index is 0.0238. The molecule has 0 spiro atoms. The van der Waals surface area contributed by atoms with Gasteiger partial charge in [0.25, 0.3) is 5.56 Å². The molecule has 0 aliphatic carbocycles. The van der Waals surface area contributed by atoms with Crippen LogP contribution in [0.3, 0.4) is 0 Å². The highest BCUT2D eigenvalue weighted by Gasteiger charge is 2.19. The number of rotatable bonds is 3. The maximum Gasteiger partial charge on any atom is 0.253 e. The number of hydrogen-bond donors (Lipinski definition) is 0. The zero-order chi connectivity index (χ0) is 19.1. The van der Waals surface area contributed by atoms with Crippen LogP contribution >= 0.6 is 0 Å². The van der Waals surface area contributed by atoms with Crippen LogP contribution in [-0.4, -0.2) is 24.7 Å². The van der Waals surface area contributed by atoms with Crippen molar-refractivity contribution >= 4 is 11.4 Å². The summed E-state index contributed by atoms with van der Waals surface area (Å²) < 4.78 is 3.36. The van der Waals surface area contributed by atoms with Gasteiger partial charge in [-0.3, -0.25) is 19.0 Å². The molecule has 27 heavy (non-hydrogen) atoms. The number of hydrogen-bond acceptors (Lipinski definition) is 4. The van der Waals surface area contributed by atoms with Gasteiger partial charge < -0.3 is 4.57 Å². The summed E-state index contributed by atoms with van der Waals surface area (Å²) in [4.78, 5) is 33.6. The predicted octanol–water partition coefficient (Wildman–Crippen LogP) is 2.94. The van der Waals surface area contributed by atoms with Crippen molar-refractivity contribution in [1.82, 2.24) is 18.9 Å². The molecule has 134 valence electrons. The van der Waals surface area contributed by atoms with Crippen LogP contribution in [0.4, 0.5) is 0 Å². The predicted molar refractivity (Wildman–Crippen MR) is 103 cm³/mol. The molecule has 0 bridgehead atoms. The fourth-order valence-electron chi connectivity index (χ4n) is 3.26. The zero-order valence-electron chi connectivity index (χ0n) is 15.3. The third kappa shape index (κ3) is 2.85. The molecule has 0 aliphatic heterocycles. The highest BCUT2D eigenvalue weighted by Crippen LogP contribution is 2.23. The third-order valence-corrected chi connectivity index (χ3v) is 4.60. The van der Waals surface area contributed by atoms with E-state index in [1.807, 2.05) is 31.3 Å². The number of fused-ring (bicyclic) bond motifs is 1. The molecule has 4 heterocycles. The molecule has 6 heteroatoms. The molecule has 0 aromatic carbocycles. The van der Waals surface area contributed by atoms with Gasteiger partial charge >= 0.3 is 0 Å². The molecule has 0 aliphatic rings. The van der Waals surface area contributed by atoms with E-state index >= 15 is 0 Å². The standard InChI is InChI=1S/C21H18N4O2/c1-13-10-16(11-24(3)21(13)27)15-7-8-18-23-14(2)19(25(18)12-15)20(26)17-6-4-5-9-22-17/h4-12H,1-3H3. The van der Waals surface area contributed by atoms with Crippen LogP contribution in [0.2, 0.25) is 0 Å². The second kappa shape index (κ2) is 6.32. The van der Waals surface area contributed by atoms with Crippen molar-refractivity contribution in [2.24, 2.45) is 7.05 Å². The van der Waals surface area contributed by atoms with Crippen molar-refractivity contribution in [1.29, 1.82) is 0 Å². The Morgan fingerprint density at radius 3 is 2.56 bits per heavy atom. The lowest BCUT2D eigenvalue weighted by Crippen LogP contribution is -2.18. The molecule has 0 radical (unpaired) electrons. The van der Waals surface area contributed by atoms with E-state index in [2.05, 4.69) is 9.97 Å². The summed E-state index contributed by atoms with van der Waals surface area (Å²) in [5.74, 6) is -0.172. The van der Waals surface area contributed by atoms with E-state index in [1.165, 1.54) is 0 Å². The van der Waals surface area contributed by atoms with E-state index in [0.29, 0.717) is 28.3 Å². The molecule has 4 rings (SSSR count). The van der Waals surface area contributed by atoms with Crippen molar-refractivity contribution in [2.75, 3.05) is 0 Å². The van der Waals surface area contributed by atoms with Crippen molar-refractivity contribution in [3.05, 3.63) is 88.0 Å². The number of carbonyl (C=O) groups is 1. The maximum absolute atomic E-state index is 13.0. The average molecular weight is 358 g/mol. The molecular formula is C21H18N4O2. The van der Waals surface area contributed by atoms with E-state index in [9.17, 15) is 9.59 Å². The first-order valence-electron chi connectivity index (χ1n) is 8.58. The third-order valence-electron chi connectivity index (χ3n) is 4.60. The summed E-state index contributed by atoms with van der Waals surface area (Å²) in [7, 11) is 1.73. The van der Waals surface area contributed by atoms with Crippen molar-refractivity contribution in [2.45, 2.75) is 13.8 Å². The van der Waals surface area contributed by atoms with Gasteiger partial charge in [-0.15, -0.1) is 0 Å². The second-order valence-corrected chi connectivity index (χ2v) is 6.56. The normalized spacial score (nSPS) is 11.1. The highest BCUT2D eigenvalue weighted by atomic mass is 16.1. The Labute approximate surface area is 155 Å². The molecule has 0 atom stereocenters. The SMILES string of the molecule is Cc1nc2ccc(-c3cc(C)c(=O)n(C)c3)cn2c1C(=O)c1ccccn1. The highest BCUT2D eigenvalue weighted by molar-refractivity contribution is 6.07. The minimum atomic E-state index is -0.172. The number of pyridine rings is 3. The molecule has 4 aromatic heterocycles. The van der Waals surface area contributed by atoms with Gasteiger partial charge in [0.15, 0.2) is 0 Å². The Morgan fingerprint density at radius 2 is 1.85 bits per heavy atom. The first-order valence-corrected chi connectivity index (χ1v) is 8.58. The van der Waals surface area contributed by atoms with Gasteiger partial charge in [-0.25, -0.2) is 4.98 Å². The summed E-state index contributed by atoms with van der Waals surface area (Å²) in [5.41, 5.74) is 4.66. The first kappa shape index (κ1) is 16.9. The van der Waals surface area contributed by atoms with Crippen LogP contribution in [0.1, 0.15) is 27.4 Å². The Morgan fingerprint density at radius 1 is 1.04 bits per heavy atom. The Balaban J connectivity index is 1.90. The van der Waals surface area contributed by atoms with Gasteiger partial charge in [0.1, 0.15) is 17.0 Å². The van der Waals surface area contributed by atoms with E-state index in [0.717, 1.165) is 11.1 Å². The van der Waals surface area contributed by atoms with Crippen LogP contribution in [0, 0.1) is 13.8 Å². The van der Waals surface area contributed by atoms with Crippen molar-refractivity contribution < 1.29 is 4.79 Å². The largest absolute Gasteiger partial charge is 0.318 e. The van der Waals surface area contributed by atoms with E-state index in [1.54, 1.807) is 53.5 Å². The zero-order valence-corrected chi connectivity index (χ0v) is 15.3. The molecule has 0 unspecified atom stereocenters. The summed E-state index contributed by atoms with van der Waals surface area (Å²) in [6.45, 7) is 3.61. The van der Waals surface area contributed by atoms with Gasteiger partial charge in [0.05, 0.1) is 5.69 Å². The van der Waals surface area contributed by atoms with Crippen LogP contribution in [0.5, 0.6) is 0 Å². The Bertz CT molecular complexity index is 1210. The van der Waals surface area contributed by atoms with Crippen LogP contribution in [0.15, 0.2) is 59.8 Å². The van der Waals surface area contributed by atoms with E-state index in [4.69, 9.17) is 0 Å². The first-order chi connectivity index (χ1) is 13.0. The molecule has 6 nitrogen and oxygen atoms in total. The molecule has 0 amide bonds. The maximum atomic E-state index is 13.0. The van der Waals surface area contributed by atoms with Crippen molar-refractivity contribution in [3.63, 3.8) is 0 Å². The molecule has 0 fully saturated rings. The van der Waals surface area contributed by atoms with Crippen LogP contribution in [-0.2, 0) is 7.05 Å². The summed E-state index contributed by atoms with van der Waals surface area (Å²) in [6.07, 6.45) is 5.27. The number of imidazole rings is 1. The molecule has 4 aromatic rings. The number of carbonyl (C=O) groups excluding carboxylic acids is 1. The quantitative estimate of drug-likeness (QED) is 0.528.